The largest absolute Gasteiger partial charge is 0.463 e. The first-order valence-electron chi connectivity index (χ1n) is 26.8. The average Bonchev–Trinajstić information content (AvgIpc) is 4.44. The van der Waals surface area contributed by atoms with E-state index in [4.69, 9.17) is 27.5 Å². The molecule has 8 aromatic rings. The first-order chi connectivity index (χ1) is 40.6. The summed E-state index contributed by atoms with van der Waals surface area (Å²) in [6, 6.07) is 17.5. The van der Waals surface area contributed by atoms with Gasteiger partial charge in [-0.1, -0.05) is 64.9 Å². The lowest BCUT2D eigenvalue weighted by atomic mass is 9.94. The van der Waals surface area contributed by atoms with Crippen molar-refractivity contribution >= 4 is 90.6 Å². The number of rotatable bonds is 17. The minimum atomic E-state index is -0.349. The summed E-state index contributed by atoms with van der Waals surface area (Å²) in [6.07, 6.45) is 21.5. The van der Waals surface area contributed by atoms with E-state index in [-0.39, 0.29) is 59.2 Å². The number of allylic oxidation sites excluding steroid dienone is 3. The van der Waals surface area contributed by atoms with Crippen molar-refractivity contribution in [2.75, 3.05) is 55.6 Å². The quantitative estimate of drug-likeness (QED) is 0.0715. The van der Waals surface area contributed by atoms with Crippen molar-refractivity contribution in [2.24, 2.45) is 17.8 Å². The summed E-state index contributed by atoms with van der Waals surface area (Å²) >= 11 is 3.56. The zero-order valence-electron chi connectivity index (χ0n) is 44.7. The number of carbonyl (C=O) groups excluding carboxylic acids is 6. The zero-order valence-corrected chi connectivity index (χ0v) is 47.2. The molecule has 23 heteroatoms. The highest BCUT2D eigenvalue weighted by Crippen LogP contribution is 2.38. The summed E-state index contributed by atoms with van der Waals surface area (Å²) in [4.78, 5) is 99.5. The molecule has 0 spiro atoms. The topological polar surface area (TPSA) is 270 Å². The number of amides is 3. The van der Waals surface area contributed by atoms with Crippen molar-refractivity contribution in [2.45, 2.75) is 51.4 Å². The van der Waals surface area contributed by atoms with Crippen molar-refractivity contribution in [1.29, 1.82) is 0 Å². The van der Waals surface area contributed by atoms with Gasteiger partial charge in [0.15, 0.2) is 50.0 Å². The van der Waals surface area contributed by atoms with Crippen LogP contribution in [0.25, 0.3) is 40.4 Å². The molecule has 4 aliphatic rings. The third kappa shape index (κ3) is 14.8. The number of furan rings is 3. The van der Waals surface area contributed by atoms with Crippen LogP contribution in [-0.4, -0.2) is 99.6 Å². The molecule has 426 valence electrons. The number of hydrogen-bond acceptors (Lipinski definition) is 20. The summed E-state index contributed by atoms with van der Waals surface area (Å²) in [7, 11) is 0. The molecule has 12 rings (SSSR count). The minimum Gasteiger partial charge on any atom is -0.463 e. The second kappa shape index (κ2) is 28.0. The summed E-state index contributed by atoms with van der Waals surface area (Å²) in [5, 5.41) is 9.49. The number of nitrogens with one attached hydrogen (secondary N) is 3. The van der Waals surface area contributed by atoms with Gasteiger partial charge in [0.2, 0.25) is 5.91 Å². The number of carbonyl (C=O) groups is 6. The van der Waals surface area contributed by atoms with Gasteiger partial charge >= 0.3 is 0 Å². The van der Waals surface area contributed by atoms with Gasteiger partial charge in [0.25, 0.3) is 11.8 Å². The highest BCUT2D eigenvalue weighted by atomic mass is 32.1. The monoisotopic (exact) mass is 1180 g/mol. The van der Waals surface area contributed by atoms with Crippen LogP contribution < -0.4 is 16.0 Å². The molecule has 0 unspecified atom stereocenters. The molecule has 8 aromatic heterocycles. The number of pyridine rings is 2. The summed E-state index contributed by atoms with van der Waals surface area (Å²) in [5.74, 6) is 0.569. The molecule has 3 N–H and O–H groups in total. The molecular formula is C60H56N8O12S3. The highest BCUT2D eigenvalue weighted by Gasteiger charge is 2.33. The molecule has 1 aliphatic carbocycles. The van der Waals surface area contributed by atoms with Gasteiger partial charge in [0.1, 0.15) is 31.7 Å². The van der Waals surface area contributed by atoms with E-state index in [9.17, 15) is 28.8 Å². The molecule has 3 fully saturated rings. The molecule has 20 nitrogen and oxygen atoms in total. The van der Waals surface area contributed by atoms with Gasteiger partial charge in [0.05, 0.1) is 36.5 Å². The van der Waals surface area contributed by atoms with Crippen LogP contribution in [0.2, 0.25) is 0 Å². The van der Waals surface area contributed by atoms with Crippen LogP contribution in [-0.2, 0) is 30.2 Å². The Morgan fingerprint density at radius 1 is 0.566 bits per heavy atom. The Morgan fingerprint density at radius 3 is 1.42 bits per heavy atom. The van der Waals surface area contributed by atoms with Gasteiger partial charge < -0.3 is 32.8 Å². The SMILES string of the molecule is C=Cc1ccc(C(=O)Nc2nc(-c3ccco3)c(C(=O)C3CCOCC3)s2)cn1.O=C(Cc1cccnc1)Nc1nc(-c2ccco2)c(C(=O)C2CCOCC2)s1.O=C(Nc1nc(-c2ccco2)c(C(=O)C2CCOCC2)s1)C1=CC=CC1. The van der Waals surface area contributed by atoms with Crippen LogP contribution in [0.15, 0.2) is 142 Å². The van der Waals surface area contributed by atoms with E-state index >= 15 is 0 Å². The second-order valence-corrected chi connectivity index (χ2v) is 22.3. The van der Waals surface area contributed by atoms with Crippen LogP contribution in [0.1, 0.15) is 95.6 Å². The molecular weight excluding hydrogens is 1120 g/mol. The molecule has 3 aliphatic heterocycles. The fraction of sp³-hybridized carbons (Fsp3) is 0.283. The van der Waals surface area contributed by atoms with E-state index in [1.54, 1.807) is 85.4 Å². The van der Waals surface area contributed by atoms with Gasteiger partial charge in [-0.15, -0.1) is 0 Å². The van der Waals surface area contributed by atoms with Crippen LogP contribution in [0, 0.1) is 17.8 Å². The smallest absolute Gasteiger partial charge is 0.259 e. The molecule has 0 bridgehead atoms. The average molecular weight is 1180 g/mol. The third-order valence-electron chi connectivity index (χ3n) is 13.7. The van der Waals surface area contributed by atoms with Crippen LogP contribution in [0.4, 0.5) is 15.4 Å². The predicted octanol–water partition coefficient (Wildman–Crippen LogP) is 11.7. The predicted molar refractivity (Wildman–Crippen MR) is 312 cm³/mol. The van der Waals surface area contributed by atoms with Gasteiger partial charge in [0, 0.05) is 81.6 Å². The van der Waals surface area contributed by atoms with Crippen molar-refractivity contribution in [3.05, 3.63) is 160 Å². The van der Waals surface area contributed by atoms with Crippen LogP contribution in [0.3, 0.4) is 0 Å². The van der Waals surface area contributed by atoms with Crippen molar-refractivity contribution in [1.82, 2.24) is 24.9 Å². The third-order valence-corrected chi connectivity index (χ3v) is 16.6. The number of anilines is 3. The maximum atomic E-state index is 13.1. The standard InChI is InChI=1S/C21H19N3O4S.C20H19N3O4S.C19H18N2O4S/c1-2-15-6-5-14(12-22-15)20(26)24-21-23-17(16-4-3-9-28-16)19(29-21)18(25)13-7-10-27-11-8-13;24-16(11-13-3-1-7-21-12-13)22-20-23-17(15-4-2-8-27-15)19(28-20)18(25)14-5-9-26-10-6-14;22-16(12-7-10-24-11-8-12)17-15(14-6-3-9-25-14)20-19(26-17)21-18(23)13-4-1-2-5-13/h2-6,9,12-13H,1,7-8,10-11H2,(H,23,24,26);1-4,7-8,12,14H,5-6,9-11H2,(H,22,23,24);1-4,6,9,12H,5,7-8,10-11H2,(H,20,21,23). The summed E-state index contributed by atoms with van der Waals surface area (Å²) in [6.45, 7) is 7.14. The fourth-order valence-corrected chi connectivity index (χ4v) is 12.2. The van der Waals surface area contributed by atoms with E-state index in [1.165, 1.54) is 41.4 Å². The molecule has 0 aromatic carbocycles. The molecule has 3 saturated heterocycles. The number of nitrogens with zero attached hydrogens (tertiary/aromatic N) is 5. The molecule has 83 heavy (non-hydrogen) atoms. The Labute approximate surface area is 488 Å². The minimum absolute atomic E-state index is 0.00898. The van der Waals surface area contributed by atoms with E-state index in [0.717, 1.165) is 16.9 Å². The fourth-order valence-electron chi connectivity index (χ4n) is 9.27. The molecule has 0 radical (unpaired) electrons. The number of Topliss-reactive ketones (excluding diaryl/α,β-unsaturated/α-hetero) is 3. The first-order valence-corrected chi connectivity index (χ1v) is 29.3. The van der Waals surface area contributed by atoms with Crippen LogP contribution >= 0.6 is 34.0 Å². The molecule has 3 amide bonds. The lowest BCUT2D eigenvalue weighted by Gasteiger charge is -2.20. The Bertz CT molecular complexity index is 3590. The molecule has 0 saturated carbocycles. The number of hydrogen-bond donors (Lipinski definition) is 3. The van der Waals surface area contributed by atoms with Crippen molar-refractivity contribution < 1.29 is 56.2 Å². The number of ketones is 3. The maximum absolute atomic E-state index is 13.1. The summed E-state index contributed by atoms with van der Waals surface area (Å²) in [5.41, 5.74) is 3.97. The Balaban J connectivity index is 0.000000139. The summed E-state index contributed by atoms with van der Waals surface area (Å²) < 4.78 is 32.4. The Kier molecular flexibility index (Phi) is 19.5. The number of thiazole rings is 3. The van der Waals surface area contributed by atoms with Gasteiger partial charge in [-0.25, -0.2) is 15.0 Å². The van der Waals surface area contributed by atoms with Crippen molar-refractivity contribution in [3.8, 4) is 34.4 Å². The number of ether oxygens (including phenoxy) is 3. The Morgan fingerprint density at radius 2 is 1.04 bits per heavy atom. The highest BCUT2D eigenvalue weighted by molar-refractivity contribution is 7.19. The van der Waals surface area contributed by atoms with Gasteiger partial charge in [-0.3, -0.25) is 49.4 Å². The second-order valence-electron chi connectivity index (χ2n) is 19.3. The Hall–Kier alpha value is -8.45. The lowest BCUT2D eigenvalue weighted by molar-refractivity contribution is -0.115. The van der Waals surface area contributed by atoms with E-state index in [2.05, 4.69) is 47.4 Å². The molecule has 0 atom stereocenters. The number of aromatic nitrogens is 5. The van der Waals surface area contributed by atoms with E-state index in [0.29, 0.717) is 166 Å². The van der Waals surface area contributed by atoms with Gasteiger partial charge in [-0.2, -0.15) is 0 Å². The van der Waals surface area contributed by atoms with E-state index < -0.39 is 0 Å². The van der Waals surface area contributed by atoms with Crippen molar-refractivity contribution in [3.63, 3.8) is 0 Å². The first kappa shape index (κ1) is 57.8. The maximum Gasteiger partial charge on any atom is 0.259 e. The lowest BCUT2D eigenvalue weighted by Crippen LogP contribution is -2.23. The molecule has 11 heterocycles. The normalized spacial score (nSPS) is 15.4. The zero-order chi connectivity index (χ0) is 57.5. The van der Waals surface area contributed by atoms with E-state index in [1.807, 2.05) is 18.2 Å². The van der Waals surface area contributed by atoms with Crippen LogP contribution in [0.5, 0.6) is 0 Å². The van der Waals surface area contributed by atoms with Gasteiger partial charge in [-0.05, 0) is 111 Å².